The molecular weight excluding hydrogens is 464 g/mol. The standard InChI is InChI=1S/C31H38F4O/c1-2-3-4-5-22-6-19-30(36-21-22)28-17-13-26(14-18-28)24-9-7-23(8-10-24)25-11-15-27(16-12-25)29(32)20-31(33,34)35/h7-10,13-14,17-18,20,22,25,27,30H,2-6,11-12,15-16,19,21H2,1H3/b29-20-. The fourth-order valence-electron chi connectivity index (χ4n) is 5.79. The molecule has 1 nitrogen and oxygen atoms in total. The van der Waals surface area contributed by atoms with Crippen LogP contribution in [0.1, 0.15) is 94.3 Å². The number of unbranched alkanes of at least 4 members (excludes halogenated alkanes) is 2. The Kier molecular flexibility index (Phi) is 9.27. The highest BCUT2D eigenvalue weighted by Crippen LogP contribution is 2.40. The zero-order chi connectivity index (χ0) is 25.5. The monoisotopic (exact) mass is 502 g/mol. The summed E-state index contributed by atoms with van der Waals surface area (Å²) in [6.45, 7) is 3.11. The van der Waals surface area contributed by atoms with Gasteiger partial charge in [0, 0.05) is 5.92 Å². The Bertz CT molecular complexity index is 961. The van der Waals surface area contributed by atoms with Gasteiger partial charge >= 0.3 is 6.18 Å². The molecule has 4 rings (SSSR count). The van der Waals surface area contributed by atoms with Gasteiger partial charge in [-0.25, -0.2) is 4.39 Å². The molecular formula is C31H38F4O. The van der Waals surface area contributed by atoms with Crippen molar-refractivity contribution in [2.45, 2.75) is 89.3 Å². The van der Waals surface area contributed by atoms with Crippen molar-refractivity contribution in [2.24, 2.45) is 11.8 Å². The molecule has 0 aromatic heterocycles. The van der Waals surface area contributed by atoms with Crippen molar-refractivity contribution in [1.29, 1.82) is 0 Å². The summed E-state index contributed by atoms with van der Waals surface area (Å²) in [7, 11) is 0. The second-order valence-electron chi connectivity index (χ2n) is 10.6. The van der Waals surface area contributed by atoms with Crippen LogP contribution in [0.5, 0.6) is 0 Å². The fourth-order valence-corrected chi connectivity index (χ4v) is 5.79. The third-order valence-electron chi connectivity index (χ3n) is 8.00. The van der Waals surface area contributed by atoms with Gasteiger partial charge in [-0.15, -0.1) is 0 Å². The van der Waals surface area contributed by atoms with Crippen LogP contribution >= 0.6 is 0 Å². The number of halogens is 4. The SMILES string of the molecule is CCCCCC1CCC(c2ccc(-c3ccc(C4CCC(/C(F)=C/C(F)(F)F)CC4)cc3)cc2)OC1. The molecule has 2 aromatic carbocycles. The van der Waals surface area contributed by atoms with Gasteiger partial charge in [0.15, 0.2) is 0 Å². The van der Waals surface area contributed by atoms with Gasteiger partial charge in [0.1, 0.15) is 5.83 Å². The quantitative estimate of drug-likeness (QED) is 0.258. The van der Waals surface area contributed by atoms with Crippen molar-refractivity contribution < 1.29 is 22.3 Å². The molecule has 2 atom stereocenters. The summed E-state index contributed by atoms with van der Waals surface area (Å²) in [5.74, 6) is -0.660. The minimum atomic E-state index is -4.59. The van der Waals surface area contributed by atoms with Crippen molar-refractivity contribution in [1.82, 2.24) is 0 Å². The molecule has 0 bridgehead atoms. The predicted octanol–water partition coefficient (Wildman–Crippen LogP) is 10.1. The zero-order valence-corrected chi connectivity index (χ0v) is 21.2. The van der Waals surface area contributed by atoms with Crippen molar-refractivity contribution in [3.05, 3.63) is 71.6 Å². The highest BCUT2D eigenvalue weighted by Gasteiger charge is 2.30. The molecule has 0 spiro atoms. The molecule has 2 aliphatic rings. The van der Waals surface area contributed by atoms with E-state index in [1.54, 1.807) is 0 Å². The molecule has 196 valence electrons. The van der Waals surface area contributed by atoms with Crippen molar-refractivity contribution in [3.63, 3.8) is 0 Å². The van der Waals surface area contributed by atoms with Crippen LogP contribution in [0.15, 0.2) is 60.4 Å². The lowest BCUT2D eigenvalue weighted by molar-refractivity contribution is -0.0820. The number of rotatable bonds is 8. The van der Waals surface area contributed by atoms with E-state index in [0.29, 0.717) is 31.6 Å². The second kappa shape index (κ2) is 12.4. The molecule has 1 saturated carbocycles. The van der Waals surface area contributed by atoms with Crippen LogP contribution in [0.4, 0.5) is 17.6 Å². The number of hydrogen-bond donors (Lipinski definition) is 0. The van der Waals surface area contributed by atoms with E-state index in [1.807, 2.05) is 0 Å². The number of alkyl halides is 3. The van der Waals surface area contributed by atoms with E-state index < -0.39 is 17.9 Å². The van der Waals surface area contributed by atoms with Crippen LogP contribution in [-0.4, -0.2) is 12.8 Å². The molecule has 36 heavy (non-hydrogen) atoms. The summed E-state index contributed by atoms with van der Waals surface area (Å²) in [6.07, 6.45) is 5.24. The lowest BCUT2D eigenvalue weighted by Gasteiger charge is -2.29. The third kappa shape index (κ3) is 7.44. The molecule has 2 unspecified atom stereocenters. The summed E-state index contributed by atoms with van der Waals surface area (Å²) in [5, 5.41) is 0. The van der Waals surface area contributed by atoms with Crippen LogP contribution in [-0.2, 0) is 4.74 Å². The Morgan fingerprint density at radius 1 is 0.833 bits per heavy atom. The van der Waals surface area contributed by atoms with E-state index in [4.69, 9.17) is 4.74 Å². The fraction of sp³-hybridized carbons (Fsp3) is 0.548. The van der Waals surface area contributed by atoms with Gasteiger partial charge < -0.3 is 4.74 Å². The maximum atomic E-state index is 13.9. The summed E-state index contributed by atoms with van der Waals surface area (Å²) in [5.41, 5.74) is 4.71. The second-order valence-corrected chi connectivity index (χ2v) is 10.6. The molecule has 0 amide bonds. The third-order valence-corrected chi connectivity index (χ3v) is 8.00. The van der Waals surface area contributed by atoms with Gasteiger partial charge in [-0.2, -0.15) is 13.2 Å². The highest BCUT2D eigenvalue weighted by molar-refractivity contribution is 5.64. The zero-order valence-electron chi connectivity index (χ0n) is 21.2. The van der Waals surface area contributed by atoms with Crippen LogP contribution < -0.4 is 0 Å². The minimum Gasteiger partial charge on any atom is -0.373 e. The lowest BCUT2D eigenvalue weighted by Crippen LogP contribution is -2.20. The number of ether oxygens (including phenoxy) is 1. The van der Waals surface area contributed by atoms with Crippen LogP contribution in [0.2, 0.25) is 0 Å². The molecule has 0 radical (unpaired) electrons. The van der Waals surface area contributed by atoms with Gasteiger partial charge in [0.2, 0.25) is 0 Å². The molecule has 1 aliphatic heterocycles. The number of benzene rings is 2. The maximum absolute atomic E-state index is 13.9. The molecule has 0 N–H and O–H groups in total. The van der Waals surface area contributed by atoms with Gasteiger partial charge in [0.25, 0.3) is 0 Å². The Morgan fingerprint density at radius 2 is 1.44 bits per heavy atom. The van der Waals surface area contributed by atoms with E-state index in [9.17, 15) is 17.6 Å². The van der Waals surface area contributed by atoms with E-state index in [0.717, 1.165) is 24.2 Å². The molecule has 1 aliphatic carbocycles. The largest absolute Gasteiger partial charge is 0.412 e. The number of hydrogen-bond acceptors (Lipinski definition) is 1. The maximum Gasteiger partial charge on any atom is 0.412 e. The lowest BCUT2D eigenvalue weighted by atomic mass is 9.78. The summed E-state index contributed by atoms with van der Waals surface area (Å²) in [6, 6.07) is 17.1. The van der Waals surface area contributed by atoms with Crippen molar-refractivity contribution in [2.75, 3.05) is 6.61 Å². The molecule has 2 fully saturated rings. The van der Waals surface area contributed by atoms with Gasteiger partial charge in [0.05, 0.1) is 18.8 Å². The van der Waals surface area contributed by atoms with Crippen LogP contribution in [0.3, 0.4) is 0 Å². The Morgan fingerprint density at radius 3 is 1.97 bits per heavy atom. The van der Waals surface area contributed by atoms with Gasteiger partial charge in [-0.3, -0.25) is 0 Å². The van der Waals surface area contributed by atoms with E-state index in [-0.39, 0.29) is 18.1 Å². The minimum absolute atomic E-state index is 0.177. The first-order valence-corrected chi connectivity index (χ1v) is 13.6. The van der Waals surface area contributed by atoms with E-state index in [2.05, 4.69) is 55.5 Å². The smallest absolute Gasteiger partial charge is 0.373 e. The highest BCUT2D eigenvalue weighted by atomic mass is 19.4. The first-order chi connectivity index (χ1) is 17.3. The molecule has 2 aromatic rings. The summed E-state index contributed by atoms with van der Waals surface area (Å²) < 4.78 is 57.4. The topological polar surface area (TPSA) is 9.23 Å². The molecule has 1 saturated heterocycles. The molecule has 5 heteroatoms. The molecule has 1 heterocycles. The first kappa shape index (κ1) is 26.9. The normalized spacial score (nSPS) is 25.6. The van der Waals surface area contributed by atoms with E-state index >= 15 is 0 Å². The average molecular weight is 503 g/mol. The van der Waals surface area contributed by atoms with Gasteiger partial charge in [-0.1, -0.05) is 74.7 Å². The Hall–Kier alpha value is -2.14. The van der Waals surface area contributed by atoms with Crippen molar-refractivity contribution in [3.8, 4) is 11.1 Å². The predicted molar refractivity (Wildman–Crippen MR) is 137 cm³/mol. The number of allylic oxidation sites excluding steroid dienone is 2. The average Bonchev–Trinajstić information content (AvgIpc) is 2.89. The Labute approximate surface area is 212 Å². The summed E-state index contributed by atoms with van der Waals surface area (Å²) >= 11 is 0. The Balaban J connectivity index is 1.28. The van der Waals surface area contributed by atoms with Gasteiger partial charge in [-0.05, 0) is 79.0 Å². The van der Waals surface area contributed by atoms with Crippen LogP contribution in [0.25, 0.3) is 11.1 Å². The first-order valence-electron chi connectivity index (χ1n) is 13.6. The summed E-state index contributed by atoms with van der Waals surface area (Å²) in [4.78, 5) is 0. The van der Waals surface area contributed by atoms with E-state index in [1.165, 1.54) is 43.2 Å². The van der Waals surface area contributed by atoms with Crippen molar-refractivity contribution >= 4 is 0 Å². The van der Waals surface area contributed by atoms with Crippen LogP contribution in [0, 0.1) is 11.8 Å².